The summed E-state index contributed by atoms with van der Waals surface area (Å²) >= 11 is 2.26. The number of nitrogens with zero attached hydrogens (tertiary/aromatic N) is 1. The van der Waals surface area contributed by atoms with E-state index in [1.165, 1.54) is 0 Å². The molecule has 1 aliphatic heterocycles. The molecule has 1 aromatic rings. The summed E-state index contributed by atoms with van der Waals surface area (Å²) in [5, 5.41) is 9.10. The van der Waals surface area contributed by atoms with Crippen LogP contribution in [0, 0.1) is 15.4 Å². The average molecular weight is 389 g/mol. The summed E-state index contributed by atoms with van der Waals surface area (Å²) in [5.74, 6) is 0.251. The van der Waals surface area contributed by atoms with Crippen molar-refractivity contribution in [1.82, 2.24) is 4.90 Å². The Morgan fingerprint density at radius 1 is 1.50 bits per heavy atom. The Morgan fingerprint density at radius 3 is 2.95 bits per heavy atom. The fourth-order valence-corrected chi connectivity index (χ4v) is 3.12. The summed E-state index contributed by atoms with van der Waals surface area (Å²) in [6.07, 6.45) is 0.921. The van der Waals surface area contributed by atoms with E-state index in [1.54, 1.807) is 0 Å². The third kappa shape index (κ3) is 4.34. The van der Waals surface area contributed by atoms with Crippen molar-refractivity contribution in [3.8, 4) is 5.75 Å². The van der Waals surface area contributed by atoms with Crippen molar-refractivity contribution < 1.29 is 14.6 Å². The second-order valence-corrected chi connectivity index (χ2v) is 6.59. The third-order valence-electron chi connectivity index (χ3n) is 3.69. The number of carbonyl (C=O) groups is 1. The number of rotatable bonds is 6. The number of benzene rings is 1. The van der Waals surface area contributed by atoms with Crippen LogP contribution in [-0.4, -0.2) is 42.2 Å². The van der Waals surface area contributed by atoms with Crippen LogP contribution in [0.1, 0.15) is 13.3 Å². The zero-order chi connectivity index (χ0) is 14.5. The van der Waals surface area contributed by atoms with E-state index in [-0.39, 0.29) is 11.8 Å². The molecule has 0 saturated carbocycles. The number of hydrogen-bond acceptors (Lipinski definition) is 3. The first kappa shape index (κ1) is 15.6. The Balaban J connectivity index is 1.68. The van der Waals surface area contributed by atoms with Crippen LogP contribution in [0.5, 0.6) is 5.75 Å². The van der Waals surface area contributed by atoms with E-state index in [4.69, 9.17) is 9.84 Å². The Labute approximate surface area is 133 Å². The van der Waals surface area contributed by atoms with Crippen LogP contribution >= 0.6 is 22.6 Å². The molecule has 4 nitrogen and oxygen atoms in total. The van der Waals surface area contributed by atoms with Crippen molar-refractivity contribution in [3.05, 3.63) is 27.8 Å². The van der Waals surface area contributed by atoms with E-state index in [2.05, 4.69) is 27.5 Å². The van der Waals surface area contributed by atoms with E-state index in [0.717, 1.165) is 28.8 Å². The standard InChI is InChI=1S/C15H20INO3/c1-11-9-17(10-14(11)15(18)19)6-3-7-20-13-5-2-4-12(16)8-13/h2,4-5,8,11,14H,3,6-7,9-10H2,1H3,(H,18,19)/t11-,14-/m1/s1. The maximum Gasteiger partial charge on any atom is 0.308 e. The van der Waals surface area contributed by atoms with Crippen molar-refractivity contribution in [2.24, 2.45) is 11.8 Å². The lowest BCUT2D eigenvalue weighted by atomic mass is 9.99. The summed E-state index contributed by atoms with van der Waals surface area (Å²) in [6, 6.07) is 7.99. The lowest BCUT2D eigenvalue weighted by molar-refractivity contribution is -0.142. The lowest BCUT2D eigenvalue weighted by Gasteiger charge is -2.15. The first-order valence-electron chi connectivity index (χ1n) is 6.90. The molecule has 1 saturated heterocycles. The first-order valence-corrected chi connectivity index (χ1v) is 7.97. The molecule has 1 aliphatic rings. The van der Waals surface area contributed by atoms with Gasteiger partial charge in [0.25, 0.3) is 0 Å². The normalized spacial score (nSPS) is 22.9. The van der Waals surface area contributed by atoms with Gasteiger partial charge in [-0.3, -0.25) is 4.79 Å². The summed E-state index contributed by atoms with van der Waals surface area (Å²) in [4.78, 5) is 13.3. The Bertz CT molecular complexity index is 466. The summed E-state index contributed by atoms with van der Waals surface area (Å²) in [5.41, 5.74) is 0. The topological polar surface area (TPSA) is 49.8 Å². The number of aliphatic carboxylic acids is 1. The second-order valence-electron chi connectivity index (χ2n) is 5.34. The molecule has 1 N–H and O–H groups in total. The lowest BCUT2D eigenvalue weighted by Crippen LogP contribution is -2.25. The molecule has 1 aromatic carbocycles. The molecule has 110 valence electrons. The molecule has 5 heteroatoms. The fraction of sp³-hybridized carbons (Fsp3) is 0.533. The number of ether oxygens (including phenoxy) is 1. The minimum atomic E-state index is -0.671. The van der Waals surface area contributed by atoms with Gasteiger partial charge < -0.3 is 14.7 Å². The quantitative estimate of drug-likeness (QED) is 0.601. The predicted molar refractivity (Wildman–Crippen MR) is 86.0 cm³/mol. The molecular formula is C15H20INO3. The molecule has 0 aliphatic carbocycles. The highest BCUT2D eigenvalue weighted by molar-refractivity contribution is 14.1. The van der Waals surface area contributed by atoms with Gasteiger partial charge >= 0.3 is 5.97 Å². The highest BCUT2D eigenvalue weighted by Crippen LogP contribution is 2.23. The zero-order valence-electron chi connectivity index (χ0n) is 11.6. The van der Waals surface area contributed by atoms with Crippen LogP contribution in [0.25, 0.3) is 0 Å². The fourth-order valence-electron chi connectivity index (χ4n) is 2.61. The van der Waals surface area contributed by atoms with Crippen molar-refractivity contribution >= 4 is 28.6 Å². The van der Waals surface area contributed by atoms with Crippen LogP contribution in [0.15, 0.2) is 24.3 Å². The van der Waals surface area contributed by atoms with E-state index in [1.807, 2.05) is 31.2 Å². The van der Waals surface area contributed by atoms with Gasteiger partial charge in [-0.1, -0.05) is 13.0 Å². The van der Waals surface area contributed by atoms with Crippen LogP contribution in [0.3, 0.4) is 0 Å². The summed E-state index contributed by atoms with van der Waals surface area (Å²) in [7, 11) is 0. The molecule has 1 fully saturated rings. The molecule has 0 amide bonds. The van der Waals surface area contributed by atoms with E-state index >= 15 is 0 Å². The molecule has 0 unspecified atom stereocenters. The monoisotopic (exact) mass is 389 g/mol. The van der Waals surface area contributed by atoms with Gasteiger partial charge in [-0.15, -0.1) is 0 Å². The maximum absolute atomic E-state index is 11.1. The number of carboxylic acid groups (broad SMARTS) is 1. The smallest absolute Gasteiger partial charge is 0.308 e. The Kier molecular flexibility index (Phi) is 5.65. The predicted octanol–water partition coefficient (Wildman–Crippen LogP) is 2.71. The van der Waals surface area contributed by atoms with Gasteiger partial charge in [0.15, 0.2) is 0 Å². The highest BCUT2D eigenvalue weighted by atomic mass is 127. The van der Waals surface area contributed by atoms with Crippen molar-refractivity contribution in [2.45, 2.75) is 13.3 Å². The van der Waals surface area contributed by atoms with Gasteiger partial charge in [0, 0.05) is 23.2 Å². The van der Waals surface area contributed by atoms with Gasteiger partial charge in [-0.05, 0) is 53.1 Å². The van der Waals surface area contributed by atoms with Gasteiger partial charge in [0.05, 0.1) is 12.5 Å². The van der Waals surface area contributed by atoms with Gasteiger partial charge in [0.2, 0.25) is 0 Å². The number of likely N-dealkylation sites (tertiary alicyclic amines) is 1. The molecule has 0 bridgehead atoms. The van der Waals surface area contributed by atoms with E-state index < -0.39 is 5.97 Å². The van der Waals surface area contributed by atoms with Crippen LogP contribution in [0.2, 0.25) is 0 Å². The molecule has 20 heavy (non-hydrogen) atoms. The maximum atomic E-state index is 11.1. The molecule has 1 heterocycles. The van der Waals surface area contributed by atoms with Crippen LogP contribution in [-0.2, 0) is 4.79 Å². The largest absolute Gasteiger partial charge is 0.494 e. The second kappa shape index (κ2) is 7.26. The number of carboxylic acids is 1. The average Bonchev–Trinajstić information content (AvgIpc) is 2.76. The Morgan fingerprint density at radius 2 is 2.30 bits per heavy atom. The van der Waals surface area contributed by atoms with E-state index in [9.17, 15) is 4.79 Å². The van der Waals surface area contributed by atoms with E-state index in [0.29, 0.717) is 13.2 Å². The zero-order valence-corrected chi connectivity index (χ0v) is 13.7. The van der Waals surface area contributed by atoms with Gasteiger partial charge in [-0.25, -0.2) is 0 Å². The first-order chi connectivity index (χ1) is 9.56. The minimum absolute atomic E-state index is 0.216. The van der Waals surface area contributed by atoms with Crippen molar-refractivity contribution in [3.63, 3.8) is 0 Å². The SMILES string of the molecule is C[C@@H]1CN(CCCOc2cccc(I)c2)C[C@H]1C(=O)O. The molecule has 0 radical (unpaired) electrons. The van der Waals surface area contributed by atoms with Crippen molar-refractivity contribution in [2.75, 3.05) is 26.2 Å². The Hall–Kier alpha value is -0.820. The highest BCUT2D eigenvalue weighted by Gasteiger charge is 2.34. The van der Waals surface area contributed by atoms with Crippen molar-refractivity contribution in [1.29, 1.82) is 0 Å². The van der Waals surface area contributed by atoms with Gasteiger partial charge in [0.1, 0.15) is 5.75 Å². The minimum Gasteiger partial charge on any atom is -0.494 e. The van der Waals surface area contributed by atoms with Crippen LogP contribution < -0.4 is 4.74 Å². The molecular weight excluding hydrogens is 369 g/mol. The summed E-state index contributed by atoms with van der Waals surface area (Å²) < 4.78 is 6.86. The number of halogens is 1. The molecule has 0 spiro atoms. The number of hydrogen-bond donors (Lipinski definition) is 1. The molecule has 2 rings (SSSR count). The molecule has 2 atom stereocenters. The van der Waals surface area contributed by atoms with Gasteiger partial charge in [-0.2, -0.15) is 0 Å². The van der Waals surface area contributed by atoms with Crippen LogP contribution in [0.4, 0.5) is 0 Å². The molecule has 0 aromatic heterocycles. The third-order valence-corrected chi connectivity index (χ3v) is 4.36. The summed E-state index contributed by atoms with van der Waals surface area (Å²) in [6.45, 7) is 5.13.